The molecular weight excluding hydrogens is 373 g/mol. The lowest BCUT2D eigenvalue weighted by atomic mass is 10.1. The fourth-order valence-electron chi connectivity index (χ4n) is 3.21. The Balaban J connectivity index is 1.78. The van der Waals surface area contributed by atoms with E-state index in [9.17, 15) is 13.2 Å². The summed E-state index contributed by atoms with van der Waals surface area (Å²) in [7, 11) is 0. The van der Waals surface area contributed by atoms with Gasteiger partial charge in [0.25, 0.3) is 0 Å². The fraction of sp³-hybridized carbons (Fsp3) is 0.389. The van der Waals surface area contributed by atoms with Gasteiger partial charge in [-0.25, -0.2) is 15.0 Å². The third kappa shape index (κ3) is 3.86. The highest BCUT2D eigenvalue weighted by atomic mass is 19.4. The average molecular weight is 392 g/mol. The van der Waals surface area contributed by atoms with Crippen LogP contribution < -0.4 is 10.2 Å². The van der Waals surface area contributed by atoms with Crippen molar-refractivity contribution in [1.29, 1.82) is 0 Å². The minimum absolute atomic E-state index is 0.0525. The minimum atomic E-state index is -4.35. The summed E-state index contributed by atoms with van der Waals surface area (Å²) >= 11 is 0. The fourth-order valence-corrected chi connectivity index (χ4v) is 3.21. The molecule has 4 heterocycles. The van der Waals surface area contributed by atoms with Gasteiger partial charge in [0.05, 0.1) is 19.3 Å². The molecule has 10 heteroatoms. The molecule has 0 spiro atoms. The number of rotatable bonds is 4. The van der Waals surface area contributed by atoms with Gasteiger partial charge in [-0.1, -0.05) is 0 Å². The summed E-state index contributed by atoms with van der Waals surface area (Å²) in [5.41, 5.74) is 1.36. The van der Waals surface area contributed by atoms with E-state index in [1.165, 1.54) is 0 Å². The molecule has 0 radical (unpaired) electrons. The molecule has 1 aliphatic heterocycles. The molecule has 1 fully saturated rings. The Morgan fingerprint density at radius 1 is 1.32 bits per heavy atom. The molecule has 3 aromatic heterocycles. The largest absolute Gasteiger partial charge is 0.405 e. The van der Waals surface area contributed by atoms with Crippen molar-refractivity contribution in [2.45, 2.75) is 19.1 Å². The van der Waals surface area contributed by atoms with Gasteiger partial charge >= 0.3 is 6.18 Å². The monoisotopic (exact) mass is 392 g/mol. The number of fused-ring (bicyclic) bond motifs is 1. The van der Waals surface area contributed by atoms with Gasteiger partial charge in [0.2, 0.25) is 0 Å². The molecule has 0 saturated carbocycles. The molecule has 1 atom stereocenters. The highest BCUT2D eigenvalue weighted by Crippen LogP contribution is 2.29. The maximum absolute atomic E-state index is 12.7. The predicted molar refractivity (Wildman–Crippen MR) is 99.3 cm³/mol. The number of aromatic nitrogens is 4. The quantitative estimate of drug-likeness (QED) is 0.710. The molecule has 0 unspecified atom stereocenters. The van der Waals surface area contributed by atoms with E-state index in [1.54, 1.807) is 24.5 Å². The minimum Gasteiger partial charge on any atom is -0.377 e. The second-order valence-electron chi connectivity index (χ2n) is 6.62. The second kappa shape index (κ2) is 7.27. The van der Waals surface area contributed by atoms with Crippen molar-refractivity contribution < 1.29 is 17.9 Å². The first-order valence-electron chi connectivity index (χ1n) is 8.87. The Kier molecular flexibility index (Phi) is 4.80. The summed E-state index contributed by atoms with van der Waals surface area (Å²) in [5, 5.41) is 3.18. The summed E-state index contributed by atoms with van der Waals surface area (Å²) in [4.78, 5) is 18.3. The molecule has 3 aromatic rings. The van der Waals surface area contributed by atoms with Crippen LogP contribution in [0.1, 0.15) is 6.92 Å². The number of morpholine rings is 1. The number of anilines is 2. The maximum atomic E-state index is 12.7. The van der Waals surface area contributed by atoms with E-state index in [2.05, 4.69) is 25.3 Å². The Hall–Kier alpha value is -2.88. The van der Waals surface area contributed by atoms with Crippen molar-refractivity contribution in [2.75, 3.05) is 36.5 Å². The Bertz CT molecular complexity index is 973. The molecule has 148 valence electrons. The van der Waals surface area contributed by atoms with Crippen LogP contribution in [0.3, 0.4) is 0 Å². The molecule has 2 N–H and O–H groups in total. The lowest BCUT2D eigenvalue weighted by Crippen LogP contribution is -2.44. The van der Waals surface area contributed by atoms with E-state index in [0.717, 1.165) is 5.39 Å². The zero-order chi connectivity index (χ0) is 19.7. The van der Waals surface area contributed by atoms with E-state index in [1.807, 2.05) is 17.9 Å². The molecule has 7 nitrogen and oxygen atoms in total. The van der Waals surface area contributed by atoms with Crippen LogP contribution in [0, 0.1) is 0 Å². The van der Waals surface area contributed by atoms with Crippen LogP contribution in [-0.4, -0.2) is 58.5 Å². The topological polar surface area (TPSA) is 79.0 Å². The Labute approximate surface area is 159 Å². The van der Waals surface area contributed by atoms with Crippen LogP contribution in [0.5, 0.6) is 0 Å². The second-order valence-corrected chi connectivity index (χ2v) is 6.62. The van der Waals surface area contributed by atoms with Gasteiger partial charge < -0.3 is 19.9 Å². The summed E-state index contributed by atoms with van der Waals surface area (Å²) < 4.78 is 43.6. The number of halogens is 3. The van der Waals surface area contributed by atoms with Crippen molar-refractivity contribution in [3.05, 3.63) is 30.6 Å². The van der Waals surface area contributed by atoms with E-state index in [4.69, 9.17) is 4.74 Å². The van der Waals surface area contributed by atoms with Gasteiger partial charge in [-0.05, 0) is 19.1 Å². The predicted octanol–water partition coefficient (Wildman–Crippen LogP) is 3.22. The summed E-state index contributed by atoms with van der Waals surface area (Å²) in [5.74, 6) is 1.02. The third-order valence-corrected chi connectivity index (χ3v) is 4.55. The van der Waals surface area contributed by atoms with Gasteiger partial charge in [-0.2, -0.15) is 13.2 Å². The number of pyridine rings is 1. The number of hydrogen-bond donors (Lipinski definition) is 2. The first kappa shape index (κ1) is 18.5. The highest BCUT2D eigenvalue weighted by molar-refractivity contribution is 5.91. The Morgan fingerprint density at radius 3 is 2.96 bits per heavy atom. The lowest BCUT2D eigenvalue weighted by molar-refractivity contribution is -0.115. The number of nitrogens with zero attached hydrogens (tertiary/aromatic N) is 4. The van der Waals surface area contributed by atoms with Crippen molar-refractivity contribution in [3.63, 3.8) is 0 Å². The number of nitrogens with one attached hydrogen (secondary N) is 2. The molecule has 0 aliphatic carbocycles. The van der Waals surface area contributed by atoms with Crippen LogP contribution in [-0.2, 0) is 4.74 Å². The third-order valence-electron chi connectivity index (χ3n) is 4.55. The SMILES string of the molecule is C[C@@H]1COCCN1c1cc(NCC(F)(F)F)nc(-c2ccnc3[nH]ccc23)n1. The van der Waals surface area contributed by atoms with Crippen LogP contribution >= 0.6 is 0 Å². The highest BCUT2D eigenvalue weighted by Gasteiger charge is 2.28. The summed E-state index contributed by atoms with van der Waals surface area (Å²) in [6.45, 7) is 2.48. The van der Waals surface area contributed by atoms with E-state index < -0.39 is 12.7 Å². The molecule has 1 saturated heterocycles. The first-order chi connectivity index (χ1) is 13.4. The molecule has 4 rings (SSSR count). The van der Waals surface area contributed by atoms with Crippen LogP contribution in [0.25, 0.3) is 22.4 Å². The maximum Gasteiger partial charge on any atom is 0.405 e. The average Bonchev–Trinajstić information content (AvgIpc) is 3.15. The van der Waals surface area contributed by atoms with Crippen molar-refractivity contribution in [1.82, 2.24) is 19.9 Å². The number of alkyl halides is 3. The van der Waals surface area contributed by atoms with Crippen molar-refractivity contribution in [2.24, 2.45) is 0 Å². The summed E-state index contributed by atoms with van der Waals surface area (Å²) in [6.07, 6.45) is -0.982. The number of hydrogen-bond acceptors (Lipinski definition) is 6. The normalized spacial score (nSPS) is 17.9. The smallest absolute Gasteiger partial charge is 0.377 e. The van der Waals surface area contributed by atoms with Crippen molar-refractivity contribution >= 4 is 22.7 Å². The van der Waals surface area contributed by atoms with E-state index >= 15 is 0 Å². The van der Waals surface area contributed by atoms with Crippen LogP contribution in [0.4, 0.5) is 24.8 Å². The standard InChI is InChI=1S/C18H19F3N6O/c1-11-9-28-7-6-27(11)15-8-14(24-10-18(19,20)21)25-17(26-15)13-3-5-23-16-12(13)2-4-22-16/h2-5,8,11H,6-7,9-10H2,1H3,(H,22,23)(H,24,25,26)/t11-/m1/s1. The molecule has 1 aliphatic rings. The molecule has 0 bridgehead atoms. The first-order valence-corrected chi connectivity index (χ1v) is 8.87. The number of aromatic amines is 1. The van der Waals surface area contributed by atoms with Crippen LogP contribution in [0.15, 0.2) is 30.6 Å². The van der Waals surface area contributed by atoms with E-state index in [-0.39, 0.29) is 11.9 Å². The van der Waals surface area contributed by atoms with Gasteiger partial charge in [-0.15, -0.1) is 0 Å². The lowest BCUT2D eigenvalue weighted by Gasteiger charge is -2.34. The summed E-state index contributed by atoms with van der Waals surface area (Å²) in [6, 6.07) is 5.20. The molecule has 0 aromatic carbocycles. The number of H-pyrrole nitrogens is 1. The molecular formula is C18H19F3N6O. The zero-order valence-corrected chi connectivity index (χ0v) is 15.1. The van der Waals surface area contributed by atoms with E-state index in [0.29, 0.717) is 42.6 Å². The van der Waals surface area contributed by atoms with Gasteiger partial charge in [-0.3, -0.25) is 0 Å². The molecule has 0 amide bonds. The molecule has 28 heavy (non-hydrogen) atoms. The Morgan fingerprint density at radius 2 is 2.18 bits per heavy atom. The number of ether oxygens (including phenoxy) is 1. The van der Waals surface area contributed by atoms with Gasteiger partial charge in [0.1, 0.15) is 23.8 Å². The van der Waals surface area contributed by atoms with Gasteiger partial charge in [0, 0.05) is 36.0 Å². The van der Waals surface area contributed by atoms with Gasteiger partial charge in [0.15, 0.2) is 5.82 Å². The van der Waals surface area contributed by atoms with Crippen molar-refractivity contribution in [3.8, 4) is 11.4 Å². The van der Waals surface area contributed by atoms with Crippen LogP contribution in [0.2, 0.25) is 0 Å². The zero-order valence-electron chi connectivity index (χ0n) is 15.1.